The highest BCUT2D eigenvalue weighted by Crippen LogP contribution is 2.38. The van der Waals surface area contributed by atoms with E-state index in [1.165, 1.54) is 0 Å². The minimum Gasteiger partial charge on any atom is -0.466 e. The second kappa shape index (κ2) is 10.8. The predicted octanol–water partition coefficient (Wildman–Crippen LogP) is 3.95. The van der Waals surface area contributed by atoms with Crippen LogP contribution in [0.1, 0.15) is 53.4 Å². The molecule has 4 nitrogen and oxygen atoms in total. The minimum atomic E-state index is -0.546. The van der Waals surface area contributed by atoms with Gasteiger partial charge in [-0.3, -0.25) is 4.79 Å². The smallest absolute Gasteiger partial charge is 0.312 e. The highest BCUT2D eigenvalue weighted by atomic mass is 16.7. The maximum atomic E-state index is 12.5. The lowest BCUT2D eigenvalue weighted by Gasteiger charge is -2.35. The third-order valence-electron chi connectivity index (χ3n) is 3.71. The molecule has 0 unspecified atom stereocenters. The van der Waals surface area contributed by atoms with Crippen LogP contribution in [0.5, 0.6) is 0 Å². The second-order valence-corrected chi connectivity index (χ2v) is 5.80. The fourth-order valence-electron chi connectivity index (χ4n) is 2.62. The van der Waals surface area contributed by atoms with Crippen LogP contribution in [0.25, 0.3) is 0 Å². The van der Waals surface area contributed by atoms with Gasteiger partial charge < -0.3 is 14.2 Å². The summed E-state index contributed by atoms with van der Waals surface area (Å²) in [6, 6.07) is 0. The molecular formula is C17H32O4. The molecule has 0 aliphatic carbocycles. The van der Waals surface area contributed by atoms with Crippen molar-refractivity contribution >= 4 is 5.97 Å². The molecule has 0 aliphatic heterocycles. The number of allylic oxidation sites excluding steroid dienone is 1. The van der Waals surface area contributed by atoms with Gasteiger partial charge in [0.15, 0.2) is 0 Å². The summed E-state index contributed by atoms with van der Waals surface area (Å²) in [5.74, 6) is 0.161. The molecule has 0 radical (unpaired) electrons. The van der Waals surface area contributed by atoms with Crippen molar-refractivity contribution in [1.29, 1.82) is 0 Å². The van der Waals surface area contributed by atoms with Crippen molar-refractivity contribution < 1.29 is 19.0 Å². The Bertz CT molecular complexity index is 301. The van der Waals surface area contributed by atoms with Crippen LogP contribution in [0.3, 0.4) is 0 Å². The zero-order valence-corrected chi connectivity index (χ0v) is 14.3. The zero-order chi connectivity index (χ0) is 16.3. The van der Waals surface area contributed by atoms with Crippen LogP contribution in [0.2, 0.25) is 0 Å². The average Bonchev–Trinajstić information content (AvgIpc) is 2.43. The van der Waals surface area contributed by atoms with Gasteiger partial charge in [-0.15, -0.1) is 6.58 Å². The van der Waals surface area contributed by atoms with Crippen molar-refractivity contribution in [2.24, 2.45) is 11.3 Å². The highest BCUT2D eigenvalue weighted by Gasteiger charge is 2.41. The Kier molecular flexibility index (Phi) is 10.4. The predicted molar refractivity (Wildman–Crippen MR) is 85.0 cm³/mol. The molecular weight excluding hydrogens is 268 g/mol. The molecule has 0 aromatic rings. The lowest BCUT2D eigenvalue weighted by molar-refractivity contribution is -0.162. The van der Waals surface area contributed by atoms with Crippen LogP contribution >= 0.6 is 0 Å². The van der Waals surface area contributed by atoms with Gasteiger partial charge >= 0.3 is 5.97 Å². The van der Waals surface area contributed by atoms with Crippen LogP contribution in [-0.2, 0) is 19.0 Å². The molecule has 0 aromatic heterocycles. The molecule has 0 heterocycles. The molecule has 124 valence electrons. The van der Waals surface area contributed by atoms with Crippen LogP contribution in [0.15, 0.2) is 12.7 Å². The standard InChI is InChI=1S/C17H32O4/c1-7-10-17(11-8-2,16(18)20-9-3)12-15(14(4)5)21-13-19-6/h7,14-15H,1,8-13H2,2-6H3/t15-,17+/m0/s1. The first-order valence-corrected chi connectivity index (χ1v) is 7.86. The maximum Gasteiger partial charge on any atom is 0.312 e. The van der Waals surface area contributed by atoms with Gasteiger partial charge in [0.25, 0.3) is 0 Å². The lowest BCUT2D eigenvalue weighted by atomic mass is 9.74. The molecule has 0 saturated carbocycles. The molecule has 4 heteroatoms. The summed E-state index contributed by atoms with van der Waals surface area (Å²) in [5, 5.41) is 0. The SMILES string of the molecule is C=CC[C@@](CCC)(C[C@H](OCOC)C(C)C)C(=O)OCC. The molecule has 0 fully saturated rings. The first-order valence-electron chi connectivity index (χ1n) is 7.86. The lowest BCUT2D eigenvalue weighted by Crippen LogP contribution is -2.39. The summed E-state index contributed by atoms with van der Waals surface area (Å²) < 4.78 is 16.1. The van der Waals surface area contributed by atoms with Crippen molar-refractivity contribution in [3.05, 3.63) is 12.7 Å². The number of hydrogen-bond acceptors (Lipinski definition) is 4. The Morgan fingerprint density at radius 2 is 2.00 bits per heavy atom. The van der Waals surface area contributed by atoms with Crippen molar-refractivity contribution in [1.82, 2.24) is 0 Å². The second-order valence-electron chi connectivity index (χ2n) is 5.80. The molecule has 21 heavy (non-hydrogen) atoms. The van der Waals surface area contributed by atoms with Gasteiger partial charge in [-0.05, 0) is 32.1 Å². The number of methoxy groups -OCH3 is 1. The number of esters is 1. The summed E-state index contributed by atoms with van der Waals surface area (Å²) in [7, 11) is 1.60. The van der Waals surface area contributed by atoms with Gasteiger partial charge in [0.1, 0.15) is 6.79 Å². The number of hydrogen-bond donors (Lipinski definition) is 0. The summed E-state index contributed by atoms with van der Waals surface area (Å²) in [4.78, 5) is 12.5. The molecule has 0 spiro atoms. The van der Waals surface area contributed by atoms with Crippen LogP contribution in [-0.4, -0.2) is 32.6 Å². The Morgan fingerprint density at radius 3 is 2.43 bits per heavy atom. The van der Waals surface area contributed by atoms with E-state index >= 15 is 0 Å². The first-order chi connectivity index (χ1) is 9.97. The number of ether oxygens (including phenoxy) is 3. The Balaban J connectivity index is 5.22. The molecule has 2 atom stereocenters. The molecule has 0 saturated heterocycles. The molecule has 0 aliphatic rings. The van der Waals surface area contributed by atoms with Gasteiger partial charge in [0, 0.05) is 7.11 Å². The van der Waals surface area contributed by atoms with Gasteiger partial charge in [-0.2, -0.15) is 0 Å². The van der Waals surface area contributed by atoms with E-state index in [9.17, 15) is 4.79 Å². The summed E-state index contributed by atoms with van der Waals surface area (Å²) in [5.41, 5.74) is -0.546. The Morgan fingerprint density at radius 1 is 1.33 bits per heavy atom. The van der Waals surface area contributed by atoms with Gasteiger partial charge in [0.05, 0.1) is 18.1 Å². The van der Waals surface area contributed by atoms with E-state index < -0.39 is 5.41 Å². The van der Waals surface area contributed by atoms with Crippen molar-refractivity contribution in [2.45, 2.75) is 59.5 Å². The van der Waals surface area contributed by atoms with Gasteiger partial charge in [0.2, 0.25) is 0 Å². The summed E-state index contributed by atoms with van der Waals surface area (Å²) in [6.45, 7) is 12.5. The van der Waals surface area contributed by atoms with Crippen molar-refractivity contribution in [3.8, 4) is 0 Å². The highest BCUT2D eigenvalue weighted by molar-refractivity contribution is 5.77. The molecule has 0 bridgehead atoms. The third-order valence-corrected chi connectivity index (χ3v) is 3.71. The topological polar surface area (TPSA) is 44.8 Å². The van der Waals surface area contributed by atoms with E-state index in [-0.39, 0.29) is 18.9 Å². The van der Waals surface area contributed by atoms with Gasteiger partial charge in [-0.1, -0.05) is 33.3 Å². The van der Waals surface area contributed by atoms with Crippen LogP contribution in [0.4, 0.5) is 0 Å². The molecule has 0 amide bonds. The fraction of sp³-hybridized carbons (Fsp3) is 0.824. The largest absolute Gasteiger partial charge is 0.466 e. The molecule has 0 aromatic carbocycles. The number of carbonyl (C=O) groups is 1. The first kappa shape index (κ1) is 20.1. The normalized spacial score (nSPS) is 15.5. The van der Waals surface area contributed by atoms with Crippen LogP contribution < -0.4 is 0 Å². The van der Waals surface area contributed by atoms with E-state index in [4.69, 9.17) is 14.2 Å². The minimum absolute atomic E-state index is 0.0409. The van der Waals surface area contributed by atoms with Gasteiger partial charge in [-0.25, -0.2) is 0 Å². The summed E-state index contributed by atoms with van der Waals surface area (Å²) >= 11 is 0. The maximum absolute atomic E-state index is 12.5. The quantitative estimate of drug-likeness (QED) is 0.311. The van der Waals surface area contributed by atoms with E-state index in [2.05, 4.69) is 27.4 Å². The van der Waals surface area contributed by atoms with Crippen LogP contribution in [0, 0.1) is 11.3 Å². The number of carbonyl (C=O) groups excluding carboxylic acids is 1. The summed E-state index contributed by atoms with van der Waals surface area (Å²) in [6.07, 6.45) is 4.70. The molecule has 0 rings (SSSR count). The van der Waals surface area contributed by atoms with Crippen molar-refractivity contribution in [3.63, 3.8) is 0 Å². The Hall–Kier alpha value is -0.870. The monoisotopic (exact) mass is 300 g/mol. The van der Waals surface area contributed by atoms with Crippen molar-refractivity contribution in [2.75, 3.05) is 20.5 Å². The Labute approximate surface area is 129 Å². The van der Waals surface area contributed by atoms with E-state index in [0.717, 1.165) is 12.8 Å². The van der Waals surface area contributed by atoms with E-state index in [1.54, 1.807) is 13.2 Å². The number of rotatable bonds is 12. The zero-order valence-electron chi connectivity index (χ0n) is 14.3. The third kappa shape index (κ3) is 6.62. The average molecular weight is 300 g/mol. The molecule has 0 N–H and O–H groups in total. The fourth-order valence-corrected chi connectivity index (χ4v) is 2.62. The van der Waals surface area contributed by atoms with E-state index in [1.807, 2.05) is 6.92 Å². The van der Waals surface area contributed by atoms with E-state index in [0.29, 0.717) is 25.4 Å².